The van der Waals surface area contributed by atoms with Crippen LogP contribution in [0, 0.1) is 11.6 Å². The summed E-state index contributed by atoms with van der Waals surface area (Å²) >= 11 is 2.87. The van der Waals surface area contributed by atoms with Crippen molar-refractivity contribution < 1.29 is 26.7 Å². The molecule has 0 aliphatic carbocycles. The third-order valence-electron chi connectivity index (χ3n) is 2.51. The molecule has 1 N–H and O–H groups in total. The molecule has 118 valence electrons. The predicted octanol–water partition coefficient (Wildman–Crippen LogP) is 1.88. The lowest BCUT2D eigenvalue weighted by Crippen LogP contribution is -2.34. The van der Waals surface area contributed by atoms with Gasteiger partial charge in [0.2, 0.25) is 0 Å². The molecule has 0 bridgehead atoms. The van der Waals surface area contributed by atoms with Crippen LogP contribution in [0.1, 0.15) is 6.42 Å². The lowest BCUT2D eigenvalue weighted by atomic mass is 10.3. The topological polar surface area (TPSA) is 75.7 Å². The number of benzene rings is 1. The molecule has 0 saturated heterocycles. The number of hydrogen-bond donors (Lipinski definition) is 1. The summed E-state index contributed by atoms with van der Waals surface area (Å²) in [4.78, 5) is 11.0. The van der Waals surface area contributed by atoms with Gasteiger partial charge >= 0.3 is 16.2 Å². The molecule has 0 amide bonds. The number of hydrogen-bond acceptors (Lipinski definition) is 4. The molecule has 0 heterocycles. The lowest BCUT2D eigenvalue weighted by Gasteiger charge is -2.18. The average molecular weight is 387 g/mol. The number of halogens is 3. The number of methoxy groups -OCH3 is 1. The minimum atomic E-state index is -4.09. The summed E-state index contributed by atoms with van der Waals surface area (Å²) in [7, 11) is -1.70. The maximum absolute atomic E-state index is 13.6. The highest BCUT2D eigenvalue weighted by molar-refractivity contribution is 9.10. The largest absolute Gasteiger partial charge is 0.469 e. The zero-order valence-electron chi connectivity index (χ0n) is 11.2. The van der Waals surface area contributed by atoms with Crippen LogP contribution >= 0.6 is 15.9 Å². The summed E-state index contributed by atoms with van der Waals surface area (Å²) in [5.74, 6) is -2.49. The Balaban J connectivity index is 2.88. The number of carbonyl (C=O) groups is 1. The van der Waals surface area contributed by atoms with Gasteiger partial charge in [0.1, 0.15) is 5.82 Å². The van der Waals surface area contributed by atoms with Crippen LogP contribution in [0.2, 0.25) is 0 Å². The minimum absolute atomic E-state index is 0.0788. The van der Waals surface area contributed by atoms with Gasteiger partial charge in [-0.3, -0.25) is 9.52 Å². The van der Waals surface area contributed by atoms with E-state index in [-0.39, 0.29) is 17.4 Å². The fourth-order valence-corrected chi connectivity index (χ4v) is 2.91. The lowest BCUT2D eigenvalue weighted by molar-refractivity contribution is -0.140. The monoisotopic (exact) mass is 386 g/mol. The van der Waals surface area contributed by atoms with Crippen LogP contribution in [0.5, 0.6) is 0 Å². The van der Waals surface area contributed by atoms with Gasteiger partial charge in [-0.1, -0.05) is 0 Å². The molecule has 0 atom stereocenters. The Kier molecular flexibility index (Phi) is 6.05. The van der Waals surface area contributed by atoms with E-state index in [0.717, 1.165) is 10.4 Å². The molecule has 0 saturated carbocycles. The maximum Gasteiger partial charge on any atom is 0.306 e. The van der Waals surface area contributed by atoms with Gasteiger partial charge in [0.15, 0.2) is 5.82 Å². The van der Waals surface area contributed by atoms with Gasteiger partial charge in [-0.15, -0.1) is 0 Å². The van der Waals surface area contributed by atoms with Gasteiger partial charge in [0.05, 0.1) is 19.2 Å². The Morgan fingerprint density at radius 3 is 2.57 bits per heavy atom. The van der Waals surface area contributed by atoms with Gasteiger partial charge in [0, 0.05) is 24.1 Å². The van der Waals surface area contributed by atoms with E-state index in [1.165, 1.54) is 14.2 Å². The standard InChI is InChI=1S/C11H13BrF2N2O4S/c1-16(4-3-10(17)20-2)21(18,19)15-11-8(12)5-7(13)6-9(11)14/h5-6,15H,3-4H2,1-2H3. The number of ether oxygens (including phenoxy) is 1. The van der Waals surface area contributed by atoms with Crippen molar-refractivity contribution in [1.29, 1.82) is 0 Å². The summed E-state index contributed by atoms with van der Waals surface area (Å²) in [6.07, 6.45) is -0.152. The second-order valence-corrected chi connectivity index (χ2v) is 6.63. The summed E-state index contributed by atoms with van der Waals surface area (Å²) in [5.41, 5.74) is -0.415. The molecule has 6 nitrogen and oxygen atoms in total. The van der Waals surface area contributed by atoms with Crippen molar-refractivity contribution in [2.24, 2.45) is 0 Å². The van der Waals surface area contributed by atoms with Crippen LogP contribution in [0.25, 0.3) is 0 Å². The van der Waals surface area contributed by atoms with Gasteiger partial charge in [0.25, 0.3) is 0 Å². The Morgan fingerprint density at radius 1 is 1.43 bits per heavy atom. The summed E-state index contributed by atoms with van der Waals surface area (Å²) < 4.78 is 57.6. The predicted molar refractivity (Wildman–Crippen MR) is 75.9 cm³/mol. The summed E-state index contributed by atoms with van der Waals surface area (Å²) in [6.45, 7) is -0.150. The zero-order valence-corrected chi connectivity index (χ0v) is 13.6. The maximum atomic E-state index is 13.6. The van der Waals surface area contributed by atoms with Gasteiger partial charge in [-0.2, -0.15) is 12.7 Å². The van der Waals surface area contributed by atoms with E-state index < -0.39 is 33.5 Å². The highest BCUT2D eigenvalue weighted by Crippen LogP contribution is 2.28. The van der Waals surface area contributed by atoms with E-state index in [0.29, 0.717) is 6.07 Å². The number of anilines is 1. The van der Waals surface area contributed by atoms with Gasteiger partial charge < -0.3 is 4.74 Å². The molecule has 1 rings (SSSR count). The normalized spacial score (nSPS) is 11.5. The van der Waals surface area contributed by atoms with E-state index >= 15 is 0 Å². The van der Waals surface area contributed by atoms with Crippen molar-refractivity contribution in [3.8, 4) is 0 Å². The van der Waals surface area contributed by atoms with E-state index in [9.17, 15) is 22.0 Å². The van der Waals surface area contributed by atoms with Crippen LogP contribution in [0.3, 0.4) is 0 Å². The Labute approximate surface area is 129 Å². The molecular formula is C11H13BrF2N2O4S. The van der Waals surface area contributed by atoms with Crippen LogP contribution in [-0.4, -0.2) is 39.4 Å². The first kappa shape index (κ1) is 17.8. The number of esters is 1. The highest BCUT2D eigenvalue weighted by atomic mass is 79.9. The van der Waals surface area contributed by atoms with Crippen LogP contribution in [0.4, 0.5) is 14.5 Å². The molecule has 1 aromatic carbocycles. The molecule has 0 aliphatic rings. The second-order valence-electron chi connectivity index (χ2n) is 4.00. The van der Waals surface area contributed by atoms with Crippen LogP contribution < -0.4 is 4.72 Å². The minimum Gasteiger partial charge on any atom is -0.469 e. The van der Waals surface area contributed by atoms with E-state index in [4.69, 9.17) is 0 Å². The van der Waals surface area contributed by atoms with E-state index in [2.05, 4.69) is 20.7 Å². The molecule has 1 aromatic rings. The zero-order chi connectivity index (χ0) is 16.2. The van der Waals surface area contributed by atoms with Crippen LogP contribution in [-0.2, 0) is 19.7 Å². The quantitative estimate of drug-likeness (QED) is 0.757. The number of nitrogens with zero attached hydrogens (tertiary/aromatic N) is 1. The van der Waals surface area contributed by atoms with Crippen molar-refractivity contribution in [2.45, 2.75) is 6.42 Å². The van der Waals surface area contributed by atoms with Crippen molar-refractivity contribution in [2.75, 3.05) is 25.4 Å². The highest BCUT2D eigenvalue weighted by Gasteiger charge is 2.22. The molecule has 0 aromatic heterocycles. The second kappa shape index (κ2) is 7.14. The molecular weight excluding hydrogens is 374 g/mol. The van der Waals surface area contributed by atoms with Crippen molar-refractivity contribution in [3.05, 3.63) is 28.2 Å². The van der Waals surface area contributed by atoms with Crippen molar-refractivity contribution >= 4 is 37.8 Å². The fraction of sp³-hybridized carbons (Fsp3) is 0.364. The molecule has 0 fully saturated rings. The third-order valence-corrected chi connectivity index (χ3v) is 4.60. The SMILES string of the molecule is COC(=O)CCN(C)S(=O)(=O)Nc1c(F)cc(F)cc1Br. The average Bonchev–Trinajstić information content (AvgIpc) is 2.39. The molecule has 0 radical (unpaired) electrons. The van der Waals surface area contributed by atoms with E-state index in [1.54, 1.807) is 0 Å². The number of rotatable bonds is 6. The molecule has 0 aliphatic heterocycles. The Morgan fingerprint density at radius 2 is 2.05 bits per heavy atom. The number of nitrogens with one attached hydrogen (secondary N) is 1. The fourth-order valence-electron chi connectivity index (χ4n) is 1.32. The summed E-state index contributed by atoms with van der Waals surface area (Å²) in [5, 5.41) is 0. The Hall–Kier alpha value is -1.26. The van der Waals surface area contributed by atoms with Crippen molar-refractivity contribution in [3.63, 3.8) is 0 Å². The first-order chi connectivity index (χ1) is 9.67. The van der Waals surface area contributed by atoms with Gasteiger partial charge in [-0.05, 0) is 22.0 Å². The van der Waals surface area contributed by atoms with Crippen molar-refractivity contribution in [1.82, 2.24) is 4.31 Å². The first-order valence-electron chi connectivity index (χ1n) is 5.63. The summed E-state index contributed by atoms with van der Waals surface area (Å²) in [6, 6.07) is 1.48. The molecule has 10 heteroatoms. The van der Waals surface area contributed by atoms with Gasteiger partial charge in [-0.25, -0.2) is 8.78 Å². The van der Waals surface area contributed by atoms with Crippen LogP contribution in [0.15, 0.2) is 16.6 Å². The Bertz CT molecular complexity index is 616. The smallest absolute Gasteiger partial charge is 0.306 e. The molecule has 0 unspecified atom stereocenters. The molecule has 21 heavy (non-hydrogen) atoms. The number of carbonyl (C=O) groups excluding carboxylic acids is 1. The first-order valence-corrected chi connectivity index (χ1v) is 7.86. The molecule has 0 spiro atoms. The third kappa shape index (κ3) is 4.90. The van der Waals surface area contributed by atoms with E-state index in [1.807, 2.05) is 4.72 Å².